The SMILES string of the molecule is Clc1ccc(Cl)c(N=Cc2ccc(Cl)c(Cl)c2)c1. The predicted octanol–water partition coefficient (Wildman–Crippen LogP) is 6.05. The van der Waals surface area contributed by atoms with Crippen molar-refractivity contribution in [3.05, 3.63) is 62.1 Å². The van der Waals surface area contributed by atoms with Gasteiger partial charge in [-0.3, -0.25) is 4.99 Å². The minimum Gasteiger partial charge on any atom is -0.255 e. The second-order valence-corrected chi connectivity index (χ2v) is 5.19. The van der Waals surface area contributed by atoms with Crippen LogP contribution in [-0.4, -0.2) is 6.21 Å². The molecule has 0 amide bonds. The molecule has 0 aliphatic rings. The minimum absolute atomic E-state index is 0.484. The monoisotopic (exact) mass is 317 g/mol. The molecule has 0 atom stereocenters. The number of halogens is 4. The summed E-state index contributed by atoms with van der Waals surface area (Å²) in [6.45, 7) is 0. The lowest BCUT2D eigenvalue weighted by molar-refractivity contribution is 1.52. The number of nitrogens with zero attached hydrogens (tertiary/aromatic N) is 1. The zero-order chi connectivity index (χ0) is 13.1. The van der Waals surface area contributed by atoms with Crippen molar-refractivity contribution in [2.45, 2.75) is 0 Å². The Morgan fingerprint density at radius 3 is 2.22 bits per heavy atom. The highest BCUT2D eigenvalue weighted by molar-refractivity contribution is 6.42. The summed E-state index contributed by atoms with van der Waals surface area (Å²) in [5.41, 5.74) is 1.44. The van der Waals surface area contributed by atoms with Crippen LogP contribution in [0.4, 0.5) is 5.69 Å². The van der Waals surface area contributed by atoms with Crippen LogP contribution in [-0.2, 0) is 0 Å². The fourth-order valence-electron chi connectivity index (χ4n) is 1.32. The molecule has 92 valence electrons. The molecule has 0 unspecified atom stereocenters. The Bertz CT molecular complexity index is 608. The lowest BCUT2D eigenvalue weighted by Crippen LogP contribution is -1.81. The molecule has 0 aliphatic carbocycles. The average Bonchev–Trinajstić information content (AvgIpc) is 2.34. The van der Waals surface area contributed by atoms with Crippen molar-refractivity contribution in [1.82, 2.24) is 0 Å². The van der Waals surface area contributed by atoms with Gasteiger partial charge in [0.25, 0.3) is 0 Å². The van der Waals surface area contributed by atoms with Crippen molar-refractivity contribution in [3.8, 4) is 0 Å². The summed E-state index contributed by atoms with van der Waals surface area (Å²) in [5.74, 6) is 0. The molecule has 0 saturated heterocycles. The van der Waals surface area contributed by atoms with Gasteiger partial charge in [-0.25, -0.2) is 0 Å². The Morgan fingerprint density at radius 1 is 0.778 bits per heavy atom. The third-order valence-corrected chi connectivity index (χ3v) is 3.50. The average molecular weight is 319 g/mol. The second-order valence-electron chi connectivity index (χ2n) is 3.53. The third-order valence-electron chi connectivity index (χ3n) is 2.20. The standard InChI is InChI=1S/C13H7Cl4N/c14-9-2-4-11(16)13(6-9)18-7-8-1-3-10(15)12(17)5-8/h1-7H. The van der Waals surface area contributed by atoms with Crippen molar-refractivity contribution in [2.24, 2.45) is 4.99 Å². The predicted molar refractivity (Wildman–Crippen MR) is 80.2 cm³/mol. The van der Waals surface area contributed by atoms with Gasteiger partial charge in [0.1, 0.15) is 0 Å². The molecule has 0 heterocycles. The maximum absolute atomic E-state index is 6.00. The summed E-state index contributed by atoms with van der Waals surface area (Å²) in [4.78, 5) is 4.26. The molecule has 0 spiro atoms. The van der Waals surface area contributed by atoms with Crippen molar-refractivity contribution in [1.29, 1.82) is 0 Å². The molecule has 2 aromatic rings. The van der Waals surface area contributed by atoms with Crippen LogP contribution in [0.2, 0.25) is 20.1 Å². The van der Waals surface area contributed by atoms with E-state index in [1.165, 1.54) is 0 Å². The molecular formula is C13H7Cl4N. The van der Waals surface area contributed by atoms with Gasteiger partial charge in [-0.2, -0.15) is 0 Å². The fourth-order valence-corrected chi connectivity index (χ4v) is 1.96. The van der Waals surface area contributed by atoms with Crippen LogP contribution in [0.1, 0.15) is 5.56 Å². The first kappa shape index (κ1) is 13.7. The number of rotatable bonds is 2. The van der Waals surface area contributed by atoms with Crippen LogP contribution in [0.3, 0.4) is 0 Å². The van der Waals surface area contributed by atoms with Crippen molar-refractivity contribution >= 4 is 58.3 Å². The van der Waals surface area contributed by atoms with E-state index in [0.717, 1.165) is 5.56 Å². The van der Waals surface area contributed by atoms with Crippen LogP contribution in [0.25, 0.3) is 0 Å². The molecule has 1 nitrogen and oxygen atoms in total. The van der Waals surface area contributed by atoms with Gasteiger partial charge < -0.3 is 0 Å². The van der Waals surface area contributed by atoms with E-state index in [1.54, 1.807) is 36.5 Å². The zero-order valence-electron chi connectivity index (χ0n) is 9.00. The summed E-state index contributed by atoms with van der Waals surface area (Å²) >= 11 is 23.6. The van der Waals surface area contributed by atoms with Gasteiger partial charge in [0.15, 0.2) is 0 Å². The molecule has 0 N–H and O–H groups in total. The number of aliphatic imine (C=N–C) groups is 1. The Balaban J connectivity index is 2.29. The molecule has 0 radical (unpaired) electrons. The third kappa shape index (κ3) is 3.39. The number of hydrogen-bond acceptors (Lipinski definition) is 1. The molecule has 0 bridgehead atoms. The Hall–Kier alpha value is -0.730. The van der Waals surface area contributed by atoms with Gasteiger partial charge in [-0.05, 0) is 35.9 Å². The van der Waals surface area contributed by atoms with E-state index < -0.39 is 0 Å². The van der Waals surface area contributed by atoms with Gasteiger partial charge in [-0.15, -0.1) is 0 Å². The van der Waals surface area contributed by atoms with Gasteiger partial charge in [0, 0.05) is 11.2 Å². The smallest absolute Gasteiger partial charge is 0.0830 e. The zero-order valence-corrected chi connectivity index (χ0v) is 12.0. The van der Waals surface area contributed by atoms with Crippen molar-refractivity contribution < 1.29 is 0 Å². The van der Waals surface area contributed by atoms with E-state index in [-0.39, 0.29) is 0 Å². The highest BCUT2D eigenvalue weighted by Crippen LogP contribution is 2.28. The largest absolute Gasteiger partial charge is 0.255 e. The Kier molecular flexibility index (Phi) is 4.52. The number of hydrogen-bond donors (Lipinski definition) is 0. The van der Waals surface area contributed by atoms with Gasteiger partial charge in [-0.1, -0.05) is 52.5 Å². The summed E-state index contributed by atoms with van der Waals surface area (Å²) in [5, 5.41) is 2.11. The molecular weight excluding hydrogens is 312 g/mol. The van der Waals surface area contributed by atoms with Crippen molar-refractivity contribution in [3.63, 3.8) is 0 Å². The first-order chi connectivity index (χ1) is 8.56. The van der Waals surface area contributed by atoms with Crippen LogP contribution in [0.15, 0.2) is 41.4 Å². The molecule has 0 aliphatic heterocycles. The van der Waals surface area contributed by atoms with E-state index in [9.17, 15) is 0 Å². The maximum Gasteiger partial charge on any atom is 0.0830 e. The summed E-state index contributed by atoms with van der Waals surface area (Å²) in [7, 11) is 0. The molecule has 0 fully saturated rings. The van der Waals surface area contributed by atoms with Crippen LogP contribution in [0.5, 0.6) is 0 Å². The summed E-state index contributed by atoms with van der Waals surface area (Å²) < 4.78 is 0. The summed E-state index contributed by atoms with van der Waals surface area (Å²) in [6, 6.07) is 10.4. The van der Waals surface area contributed by atoms with E-state index in [0.29, 0.717) is 25.8 Å². The Morgan fingerprint density at radius 2 is 1.50 bits per heavy atom. The Labute approximate surface area is 125 Å². The van der Waals surface area contributed by atoms with Crippen LogP contribution >= 0.6 is 46.4 Å². The van der Waals surface area contributed by atoms with Gasteiger partial charge in [0.2, 0.25) is 0 Å². The molecule has 0 aromatic heterocycles. The normalized spacial score (nSPS) is 11.1. The molecule has 2 rings (SSSR count). The maximum atomic E-state index is 6.00. The fraction of sp³-hybridized carbons (Fsp3) is 0. The highest BCUT2D eigenvalue weighted by Gasteiger charge is 2.00. The first-order valence-electron chi connectivity index (χ1n) is 5.00. The molecule has 0 saturated carbocycles. The first-order valence-corrected chi connectivity index (χ1v) is 6.51. The quantitative estimate of drug-likeness (QED) is 0.597. The van der Waals surface area contributed by atoms with E-state index in [1.807, 2.05) is 6.07 Å². The number of benzene rings is 2. The van der Waals surface area contributed by atoms with E-state index >= 15 is 0 Å². The van der Waals surface area contributed by atoms with Crippen LogP contribution in [0, 0.1) is 0 Å². The van der Waals surface area contributed by atoms with Crippen LogP contribution < -0.4 is 0 Å². The minimum atomic E-state index is 0.484. The van der Waals surface area contributed by atoms with Gasteiger partial charge in [0.05, 0.1) is 20.8 Å². The molecule has 2 aromatic carbocycles. The van der Waals surface area contributed by atoms with Gasteiger partial charge >= 0.3 is 0 Å². The topological polar surface area (TPSA) is 12.4 Å². The van der Waals surface area contributed by atoms with E-state index in [2.05, 4.69) is 4.99 Å². The van der Waals surface area contributed by atoms with Crippen molar-refractivity contribution in [2.75, 3.05) is 0 Å². The summed E-state index contributed by atoms with van der Waals surface area (Å²) in [6.07, 6.45) is 1.65. The lowest BCUT2D eigenvalue weighted by atomic mass is 10.2. The lowest BCUT2D eigenvalue weighted by Gasteiger charge is -2.00. The highest BCUT2D eigenvalue weighted by atomic mass is 35.5. The molecule has 18 heavy (non-hydrogen) atoms. The van der Waals surface area contributed by atoms with E-state index in [4.69, 9.17) is 46.4 Å². The second kappa shape index (κ2) is 5.94. The molecule has 5 heteroatoms.